The number of nitrogens with one attached hydrogen (secondary N) is 1. The molecule has 0 spiro atoms. The summed E-state index contributed by atoms with van der Waals surface area (Å²) in [5.41, 5.74) is 0.749. The fourth-order valence-corrected chi connectivity index (χ4v) is 6.58. The van der Waals surface area contributed by atoms with Gasteiger partial charge in [-0.15, -0.1) is 0 Å². The van der Waals surface area contributed by atoms with Crippen LogP contribution in [-0.2, 0) is 9.53 Å². The SMILES string of the molecule is CC(C)COCCCNC(=O)C12CC3CC(C)(CC(C)(C3)C1)C2. The third-order valence-corrected chi connectivity index (χ3v) is 6.31. The lowest BCUT2D eigenvalue weighted by atomic mass is 9.40. The fraction of sp³-hybridized carbons (Fsp3) is 0.950. The zero-order valence-corrected chi connectivity index (χ0v) is 15.5. The first-order valence-electron chi connectivity index (χ1n) is 9.60. The first-order chi connectivity index (χ1) is 10.7. The Morgan fingerprint density at radius 2 is 1.78 bits per heavy atom. The number of carbonyl (C=O) groups is 1. The van der Waals surface area contributed by atoms with Crippen LogP contribution in [0.1, 0.15) is 72.6 Å². The number of hydrogen-bond acceptors (Lipinski definition) is 2. The van der Waals surface area contributed by atoms with Gasteiger partial charge in [0.25, 0.3) is 0 Å². The number of amides is 1. The zero-order chi connectivity index (χ0) is 16.7. The van der Waals surface area contributed by atoms with Crippen LogP contribution in [-0.4, -0.2) is 25.7 Å². The van der Waals surface area contributed by atoms with Crippen LogP contribution in [0.25, 0.3) is 0 Å². The lowest BCUT2D eigenvalue weighted by Crippen LogP contribution is -2.59. The molecule has 23 heavy (non-hydrogen) atoms. The summed E-state index contributed by atoms with van der Waals surface area (Å²) < 4.78 is 5.61. The lowest BCUT2D eigenvalue weighted by Gasteiger charge is -2.64. The van der Waals surface area contributed by atoms with E-state index in [4.69, 9.17) is 4.74 Å². The minimum atomic E-state index is -0.0678. The number of carbonyl (C=O) groups excluding carboxylic acids is 1. The van der Waals surface area contributed by atoms with Crippen molar-refractivity contribution in [2.75, 3.05) is 19.8 Å². The highest BCUT2D eigenvalue weighted by atomic mass is 16.5. The molecule has 132 valence electrons. The Morgan fingerprint density at radius 3 is 2.35 bits per heavy atom. The van der Waals surface area contributed by atoms with Crippen molar-refractivity contribution in [1.29, 1.82) is 0 Å². The summed E-state index contributed by atoms with van der Waals surface area (Å²) in [6.45, 7) is 11.5. The summed E-state index contributed by atoms with van der Waals surface area (Å²) >= 11 is 0. The van der Waals surface area contributed by atoms with Crippen LogP contribution in [0.15, 0.2) is 0 Å². The molecule has 0 aliphatic heterocycles. The smallest absolute Gasteiger partial charge is 0.226 e. The highest BCUT2D eigenvalue weighted by Crippen LogP contribution is 2.69. The topological polar surface area (TPSA) is 38.3 Å². The Hall–Kier alpha value is -0.570. The van der Waals surface area contributed by atoms with E-state index in [0.717, 1.165) is 51.4 Å². The minimum Gasteiger partial charge on any atom is -0.381 e. The molecule has 1 N–H and O–H groups in total. The molecule has 3 heteroatoms. The maximum Gasteiger partial charge on any atom is 0.226 e. The molecule has 0 heterocycles. The third kappa shape index (κ3) is 3.60. The van der Waals surface area contributed by atoms with Crippen molar-refractivity contribution in [3.63, 3.8) is 0 Å². The van der Waals surface area contributed by atoms with Crippen LogP contribution in [0.4, 0.5) is 0 Å². The van der Waals surface area contributed by atoms with Gasteiger partial charge in [-0.3, -0.25) is 4.79 Å². The van der Waals surface area contributed by atoms with Gasteiger partial charge in [-0.1, -0.05) is 27.7 Å². The molecule has 0 aromatic rings. The molecule has 4 aliphatic rings. The molecule has 4 bridgehead atoms. The van der Waals surface area contributed by atoms with E-state index in [-0.39, 0.29) is 5.41 Å². The molecular weight excluding hydrogens is 286 g/mol. The second-order valence-electron chi connectivity index (χ2n) is 9.99. The molecule has 0 aromatic heterocycles. The van der Waals surface area contributed by atoms with Crippen LogP contribution in [0.2, 0.25) is 0 Å². The number of rotatable bonds is 7. The van der Waals surface area contributed by atoms with E-state index in [1.165, 1.54) is 19.3 Å². The van der Waals surface area contributed by atoms with E-state index >= 15 is 0 Å². The van der Waals surface area contributed by atoms with E-state index in [0.29, 0.717) is 22.7 Å². The first-order valence-corrected chi connectivity index (χ1v) is 9.60. The van der Waals surface area contributed by atoms with Gasteiger partial charge in [0.15, 0.2) is 0 Å². The van der Waals surface area contributed by atoms with Crippen molar-refractivity contribution in [2.45, 2.75) is 72.6 Å². The van der Waals surface area contributed by atoms with Gasteiger partial charge in [0, 0.05) is 19.8 Å². The Morgan fingerprint density at radius 1 is 1.13 bits per heavy atom. The summed E-state index contributed by atoms with van der Waals surface area (Å²) in [4.78, 5) is 13.0. The van der Waals surface area contributed by atoms with Gasteiger partial charge in [-0.25, -0.2) is 0 Å². The monoisotopic (exact) mass is 321 g/mol. The normalized spacial score (nSPS) is 41.5. The van der Waals surface area contributed by atoms with Crippen molar-refractivity contribution in [3.8, 4) is 0 Å². The van der Waals surface area contributed by atoms with Crippen molar-refractivity contribution < 1.29 is 9.53 Å². The minimum absolute atomic E-state index is 0.0678. The molecule has 0 radical (unpaired) electrons. The highest BCUT2D eigenvalue weighted by molar-refractivity contribution is 5.83. The second-order valence-corrected chi connectivity index (χ2v) is 9.99. The van der Waals surface area contributed by atoms with Crippen LogP contribution in [0.5, 0.6) is 0 Å². The lowest BCUT2D eigenvalue weighted by molar-refractivity contribution is -0.170. The summed E-state index contributed by atoms with van der Waals surface area (Å²) in [5.74, 6) is 1.70. The summed E-state index contributed by atoms with van der Waals surface area (Å²) in [7, 11) is 0. The van der Waals surface area contributed by atoms with Crippen molar-refractivity contribution in [1.82, 2.24) is 5.32 Å². The van der Waals surface area contributed by atoms with E-state index in [2.05, 4.69) is 33.0 Å². The van der Waals surface area contributed by atoms with Gasteiger partial charge in [-0.2, -0.15) is 0 Å². The Bertz CT molecular complexity index is 441. The molecule has 4 saturated carbocycles. The second kappa shape index (κ2) is 6.06. The molecule has 2 atom stereocenters. The van der Waals surface area contributed by atoms with Gasteiger partial charge < -0.3 is 10.1 Å². The molecule has 1 amide bonds. The van der Waals surface area contributed by atoms with E-state index in [1.807, 2.05) is 0 Å². The Kier molecular flexibility index (Phi) is 4.54. The van der Waals surface area contributed by atoms with E-state index in [9.17, 15) is 4.79 Å². The number of hydrogen-bond donors (Lipinski definition) is 1. The number of ether oxygens (including phenoxy) is 1. The summed E-state index contributed by atoms with van der Waals surface area (Å²) in [6, 6.07) is 0. The van der Waals surface area contributed by atoms with E-state index < -0.39 is 0 Å². The van der Waals surface area contributed by atoms with Gasteiger partial charge in [-0.05, 0) is 67.6 Å². The first kappa shape index (κ1) is 17.3. The average molecular weight is 322 g/mol. The standard InChI is InChI=1S/C20H35NO2/c1-15(2)11-23-7-5-6-21-17(22)20-10-16-8-18(3,13-20)12-19(4,9-16)14-20/h15-16H,5-14H2,1-4H3,(H,21,22). The van der Waals surface area contributed by atoms with Gasteiger partial charge >= 0.3 is 0 Å². The summed E-state index contributed by atoms with van der Waals surface area (Å²) in [5, 5.41) is 3.24. The van der Waals surface area contributed by atoms with Gasteiger partial charge in [0.05, 0.1) is 5.41 Å². The Labute approximate surface area is 141 Å². The average Bonchev–Trinajstić information content (AvgIpc) is 2.37. The third-order valence-electron chi connectivity index (χ3n) is 6.31. The fourth-order valence-electron chi connectivity index (χ4n) is 6.58. The molecule has 4 rings (SSSR count). The molecule has 0 saturated heterocycles. The van der Waals surface area contributed by atoms with Crippen LogP contribution in [0.3, 0.4) is 0 Å². The van der Waals surface area contributed by atoms with Crippen molar-refractivity contribution in [2.24, 2.45) is 28.1 Å². The predicted octanol–water partition coefficient (Wildman–Crippen LogP) is 4.16. The molecule has 4 aliphatic carbocycles. The molecule has 4 fully saturated rings. The summed E-state index contributed by atoms with van der Waals surface area (Å²) in [6.07, 6.45) is 8.31. The van der Waals surface area contributed by atoms with Gasteiger partial charge in [0.2, 0.25) is 5.91 Å². The van der Waals surface area contributed by atoms with Crippen molar-refractivity contribution >= 4 is 5.91 Å². The van der Waals surface area contributed by atoms with Crippen molar-refractivity contribution in [3.05, 3.63) is 0 Å². The van der Waals surface area contributed by atoms with Gasteiger partial charge in [0.1, 0.15) is 0 Å². The zero-order valence-electron chi connectivity index (χ0n) is 15.5. The highest BCUT2D eigenvalue weighted by Gasteiger charge is 2.62. The largest absolute Gasteiger partial charge is 0.381 e. The molecular formula is C20H35NO2. The van der Waals surface area contributed by atoms with E-state index in [1.54, 1.807) is 0 Å². The van der Waals surface area contributed by atoms with Crippen LogP contribution in [0, 0.1) is 28.1 Å². The van der Waals surface area contributed by atoms with Crippen LogP contribution >= 0.6 is 0 Å². The maximum absolute atomic E-state index is 13.0. The molecule has 0 aromatic carbocycles. The van der Waals surface area contributed by atoms with Crippen LogP contribution < -0.4 is 5.32 Å². The predicted molar refractivity (Wildman–Crippen MR) is 93.1 cm³/mol. The molecule has 3 nitrogen and oxygen atoms in total. The molecule has 2 unspecified atom stereocenters. The Balaban J connectivity index is 1.51. The maximum atomic E-state index is 13.0. The quantitative estimate of drug-likeness (QED) is 0.715.